The summed E-state index contributed by atoms with van der Waals surface area (Å²) in [7, 11) is 0. The molecule has 0 bridgehead atoms. The maximum atomic E-state index is 12.1. The van der Waals surface area contributed by atoms with E-state index in [0.29, 0.717) is 24.0 Å². The predicted octanol–water partition coefficient (Wildman–Crippen LogP) is 2.26. The lowest BCUT2D eigenvalue weighted by Gasteiger charge is -2.30. The molecule has 2 amide bonds. The van der Waals surface area contributed by atoms with Crippen LogP contribution in [0.4, 0.5) is 0 Å². The highest BCUT2D eigenvalue weighted by molar-refractivity contribution is 6.33. The number of ether oxygens (including phenoxy) is 1. The van der Waals surface area contributed by atoms with Gasteiger partial charge in [0.2, 0.25) is 0 Å². The second-order valence-corrected chi connectivity index (χ2v) is 6.78. The van der Waals surface area contributed by atoms with Gasteiger partial charge in [-0.15, -0.1) is 0 Å². The van der Waals surface area contributed by atoms with Crippen molar-refractivity contribution in [1.29, 1.82) is 0 Å². The van der Waals surface area contributed by atoms with E-state index in [1.54, 1.807) is 29.2 Å². The van der Waals surface area contributed by atoms with Crippen LogP contribution >= 0.6 is 11.6 Å². The van der Waals surface area contributed by atoms with E-state index in [-0.39, 0.29) is 18.1 Å². The number of carbonyl (C=O) groups is 3. The van der Waals surface area contributed by atoms with E-state index in [0.717, 1.165) is 12.8 Å². The van der Waals surface area contributed by atoms with Gasteiger partial charge in [-0.1, -0.05) is 30.7 Å². The molecule has 25 heavy (non-hydrogen) atoms. The highest BCUT2D eigenvalue weighted by atomic mass is 35.5. The summed E-state index contributed by atoms with van der Waals surface area (Å²) in [5.74, 6) is -0.864. The number of benzene rings is 1. The van der Waals surface area contributed by atoms with E-state index in [1.807, 2.05) is 0 Å². The van der Waals surface area contributed by atoms with Gasteiger partial charge in [0, 0.05) is 13.1 Å². The van der Waals surface area contributed by atoms with Crippen LogP contribution in [0, 0.1) is 5.92 Å². The van der Waals surface area contributed by atoms with E-state index >= 15 is 0 Å². The Morgan fingerprint density at radius 1 is 1.36 bits per heavy atom. The smallest absolute Gasteiger partial charge is 0.328 e. The van der Waals surface area contributed by atoms with Crippen molar-refractivity contribution in [3.63, 3.8) is 0 Å². The molecule has 6 nitrogen and oxygen atoms in total. The number of hydrogen-bond acceptors (Lipinski definition) is 4. The molecular formula is C18H23ClN2O4. The van der Waals surface area contributed by atoms with Crippen molar-refractivity contribution in [3.8, 4) is 0 Å². The molecule has 1 saturated heterocycles. The number of piperidine rings is 1. The van der Waals surface area contributed by atoms with Crippen molar-refractivity contribution in [3.05, 3.63) is 34.9 Å². The molecular weight excluding hydrogens is 344 g/mol. The average molecular weight is 367 g/mol. The zero-order valence-electron chi connectivity index (χ0n) is 14.5. The maximum Gasteiger partial charge on any atom is 0.328 e. The van der Waals surface area contributed by atoms with Gasteiger partial charge in [-0.3, -0.25) is 9.59 Å². The summed E-state index contributed by atoms with van der Waals surface area (Å²) >= 11 is 5.96. The standard InChI is InChI=1S/C18H23ClN2O4/c1-12-6-5-9-21(10-12)16(22)11-25-18(24)13(2)20-17(23)14-7-3-4-8-15(14)19/h3-4,7-8,12-13H,5-6,9-11H2,1-2H3,(H,20,23)/t12?,13-/m0/s1. The Bertz CT molecular complexity index is 650. The van der Waals surface area contributed by atoms with Crippen molar-refractivity contribution < 1.29 is 19.1 Å². The Labute approximate surface area is 152 Å². The second kappa shape index (κ2) is 8.85. The van der Waals surface area contributed by atoms with Crippen LogP contribution in [0.3, 0.4) is 0 Å². The molecule has 136 valence electrons. The minimum absolute atomic E-state index is 0.204. The van der Waals surface area contributed by atoms with E-state index in [9.17, 15) is 14.4 Å². The van der Waals surface area contributed by atoms with Crippen LogP contribution in [0.1, 0.15) is 37.0 Å². The molecule has 0 aliphatic carbocycles. The Hall–Kier alpha value is -2.08. The third-order valence-corrected chi connectivity index (χ3v) is 4.50. The van der Waals surface area contributed by atoms with Gasteiger partial charge < -0.3 is 15.0 Å². The van der Waals surface area contributed by atoms with Crippen LogP contribution in [-0.4, -0.2) is 48.4 Å². The number of amides is 2. The van der Waals surface area contributed by atoms with Crippen molar-refractivity contribution in [2.75, 3.05) is 19.7 Å². The Morgan fingerprint density at radius 2 is 2.08 bits per heavy atom. The number of esters is 1. The van der Waals surface area contributed by atoms with Gasteiger partial charge in [-0.2, -0.15) is 0 Å². The lowest BCUT2D eigenvalue weighted by Crippen LogP contribution is -2.43. The molecule has 0 saturated carbocycles. The molecule has 1 unspecified atom stereocenters. The third kappa shape index (κ3) is 5.46. The first-order valence-corrected chi connectivity index (χ1v) is 8.76. The van der Waals surface area contributed by atoms with Gasteiger partial charge in [0.05, 0.1) is 10.6 Å². The average Bonchev–Trinajstić information content (AvgIpc) is 2.59. The second-order valence-electron chi connectivity index (χ2n) is 6.37. The molecule has 1 aromatic rings. The molecule has 0 spiro atoms. The number of rotatable bonds is 5. The number of hydrogen-bond donors (Lipinski definition) is 1. The van der Waals surface area contributed by atoms with Crippen LogP contribution < -0.4 is 5.32 Å². The predicted molar refractivity (Wildman–Crippen MR) is 94.3 cm³/mol. The van der Waals surface area contributed by atoms with Crippen LogP contribution in [0.2, 0.25) is 5.02 Å². The summed E-state index contributed by atoms with van der Waals surface area (Å²) < 4.78 is 5.04. The van der Waals surface area contributed by atoms with Gasteiger partial charge in [0.15, 0.2) is 6.61 Å². The Balaban J connectivity index is 1.81. The van der Waals surface area contributed by atoms with E-state index in [4.69, 9.17) is 16.3 Å². The lowest BCUT2D eigenvalue weighted by atomic mass is 10.0. The molecule has 1 N–H and O–H groups in total. The van der Waals surface area contributed by atoms with Gasteiger partial charge >= 0.3 is 5.97 Å². The first-order valence-electron chi connectivity index (χ1n) is 8.38. The molecule has 2 atom stereocenters. The topological polar surface area (TPSA) is 75.7 Å². The van der Waals surface area contributed by atoms with E-state index in [1.165, 1.54) is 6.92 Å². The van der Waals surface area contributed by atoms with Crippen LogP contribution in [0.25, 0.3) is 0 Å². The fourth-order valence-electron chi connectivity index (χ4n) is 2.74. The summed E-state index contributed by atoms with van der Waals surface area (Å²) in [4.78, 5) is 37.9. The first-order chi connectivity index (χ1) is 11.9. The summed E-state index contributed by atoms with van der Waals surface area (Å²) in [5, 5.41) is 2.83. The zero-order chi connectivity index (χ0) is 18.4. The molecule has 1 fully saturated rings. The molecule has 1 aromatic carbocycles. The number of likely N-dealkylation sites (tertiary alicyclic amines) is 1. The van der Waals surface area contributed by atoms with Crippen LogP contribution in [-0.2, 0) is 14.3 Å². The summed E-state index contributed by atoms with van der Waals surface area (Å²) in [6, 6.07) is 5.68. The van der Waals surface area contributed by atoms with Crippen molar-refractivity contribution >= 4 is 29.4 Å². The van der Waals surface area contributed by atoms with Gasteiger partial charge in [-0.25, -0.2) is 4.79 Å². The highest BCUT2D eigenvalue weighted by Crippen LogP contribution is 2.16. The van der Waals surface area contributed by atoms with Crippen molar-refractivity contribution in [2.24, 2.45) is 5.92 Å². The third-order valence-electron chi connectivity index (χ3n) is 4.17. The summed E-state index contributed by atoms with van der Waals surface area (Å²) in [6.07, 6.45) is 2.07. The normalized spacial score (nSPS) is 18.4. The van der Waals surface area contributed by atoms with Crippen LogP contribution in [0.5, 0.6) is 0 Å². The van der Waals surface area contributed by atoms with Crippen molar-refractivity contribution in [1.82, 2.24) is 10.2 Å². The molecule has 1 aliphatic heterocycles. The van der Waals surface area contributed by atoms with Crippen molar-refractivity contribution in [2.45, 2.75) is 32.7 Å². The SMILES string of the molecule is CC1CCCN(C(=O)COC(=O)[C@H](C)NC(=O)c2ccccc2Cl)C1. The Morgan fingerprint density at radius 3 is 2.76 bits per heavy atom. The minimum atomic E-state index is -0.878. The molecule has 1 heterocycles. The fourth-order valence-corrected chi connectivity index (χ4v) is 2.97. The molecule has 2 rings (SSSR count). The quantitative estimate of drug-likeness (QED) is 0.811. The molecule has 7 heteroatoms. The summed E-state index contributed by atoms with van der Waals surface area (Å²) in [6.45, 7) is 4.68. The fraction of sp³-hybridized carbons (Fsp3) is 0.500. The molecule has 0 radical (unpaired) electrons. The number of halogens is 1. The summed E-state index contributed by atoms with van der Waals surface area (Å²) in [5.41, 5.74) is 0.280. The van der Waals surface area contributed by atoms with Crippen LogP contribution in [0.15, 0.2) is 24.3 Å². The lowest BCUT2D eigenvalue weighted by molar-refractivity contribution is -0.153. The van der Waals surface area contributed by atoms with Gasteiger partial charge in [0.25, 0.3) is 11.8 Å². The molecule has 1 aliphatic rings. The monoisotopic (exact) mass is 366 g/mol. The number of nitrogens with zero attached hydrogens (tertiary/aromatic N) is 1. The molecule has 0 aromatic heterocycles. The van der Waals surface area contributed by atoms with E-state index < -0.39 is 17.9 Å². The van der Waals surface area contributed by atoms with E-state index in [2.05, 4.69) is 12.2 Å². The largest absolute Gasteiger partial charge is 0.454 e. The zero-order valence-corrected chi connectivity index (χ0v) is 15.2. The highest BCUT2D eigenvalue weighted by Gasteiger charge is 2.24. The minimum Gasteiger partial charge on any atom is -0.454 e. The number of carbonyl (C=O) groups excluding carboxylic acids is 3. The van der Waals surface area contributed by atoms with Gasteiger partial charge in [-0.05, 0) is 37.8 Å². The number of nitrogens with one attached hydrogen (secondary N) is 1. The van der Waals surface area contributed by atoms with Gasteiger partial charge in [0.1, 0.15) is 6.04 Å². The first kappa shape index (κ1) is 19.2. The maximum absolute atomic E-state index is 12.1. The Kier molecular flexibility index (Phi) is 6.82.